The molecule has 7 nitrogen and oxygen atoms in total. The van der Waals surface area contributed by atoms with Crippen LogP contribution in [0.3, 0.4) is 0 Å². The number of nitrogens with two attached hydrogens (primary N) is 1. The second kappa shape index (κ2) is 9.29. The van der Waals surface area contributed by atoms with E-state index in [9.17, 15) is 9.18 Å². The zero-order valence-electron chi connectivity index (χ0n) is 16.4. The molecule has 2 aromatic carbocycles. The van der Waals surface area contributed by atoms with Crippen molar-refractivity contribution in [3.63, 3.8) is 0 Å². The van der Waals surface area contributed by atoms with E-state index in [0.29, 0.717) is 18.3 Å². The molecule has 4 N–H and O–H groups in total. The van der Waals surface area contributed by atoms with E-state index in [0.717, 1.165) is 16.7 Å². The molecule has 1 unspecified atom stereocenters. The van der Waals surface area contributed by atoms with E-state index in [1.807, 2.05) is 38.1 Å². The van der Waals surface area contributed by atoms with Gasteiger partial charge in [-0.3, -0.25) is 0 Å². The molecule has 1 heterocycles. The molecule has 3 aromatic rings. The van der Waals surface area contributed by atoms with Crippen LogP contribution in [0, 0.1) is 11.7 Å². The van der Waals surface area contributed by atoms with Crippen molar-refractivity contribution in [2.75, 3.05) is 0 Å². The fraction of sp³-hybridized carbons (Fsp3) is 0.286. The molecule has 0 spiro atoms. The van der Waals surface area contributed by atoms with Crippen LogP contribution in [0.15, 0.2) is 53.1 Å². The number of carbonyl (C=O) groups excluding carboxylic acids is 1. The highest BCUT2D eigenvalue weighted by molar-refractivity contribution is 5.74. The van der Waals surface area contributed by atoms with Gasteiger partial charge in [0, 0.05) is 18.7 Å². The van der Waals surface area contributed by atoms with E-state index < -0.39 is 6.04 Å². The van der Waals surface area contributed by atoms with Crippen LogP contribution < -0.4 is 16.4 Å². The summed E-state index contributed by atoms with van der Waals surface area (Å²) in [5.41, 5.74) is 8.23. The molecule has 152 valence electrons. The van der Waals surface area contributed by atoms with Gasteiger partial charge in [0.1, 0.15) is 11.9 Å². The number of rotatable bonds is 7. The highest BCUT2D eigenvalue weighted by Gasteiger charge is 2.24. The third kappa shape index (κ3) is 5.39. The van der Waals surface area contributed by atoms with Gasteiger partial charge >= 0.3 is 6.03 Å². The molecular formula is C21H24FN5O2. The summed E-state index contributed by atoms with van der Waals surface area (Å²) in [6.45, 7) is 4.64. The lowest BCUT2D eigenvalue weighted by Gasteiger charge is -2.18. The molecule has 1 aromatic heterocycles. The number of aromatic nitrogens is 2. The van der Waals surface area contributed by atoms with Crippen LogP contribution in [-0.4, -0.2) is 16.2 Å². The average Bonchev–Trinajstić information content (AvgIpc) is 3.21. The predicted molar refractivity (Wildman–Crippen MR) is 107 cm³/mol. The molecule has 8 heteroatoms. The maximum atomic E-state index is 13.0. The molecule has 2 amide bonds. The van der Waals surface area contributed by atoms with E-state index in [-0.39, 0.29) is 24.3 Å². The van der Waals surface area contributed by atoms with Crippen molar-refractivity contribution in [1.29, 1.82) is 0 Å². The number of nitrogens with one attached hydrogen (secondary N) is 2. The van der Waals surface area contributed by atoms with Crippen LogP contribution in [0.1, 0.15) is 36.9 Å². The SMILES string of the molecule is CC(C)C(NC(=O)NCc1ccc(F)cc1)c1nc(-c2ccc(CN)cc2)no1. The van der Waals surface area contributed by atoms with Crippen molar-refractivity contribution in [2.24, 2.45) is 11.7 Å². The maximum Gasteiger partial charge on any atom is 0.315 e. The number of benzene rings is 2. The summed E-state index contributed by atoms with van der Waals surface area (Å²) in [6.07, 6.45) is 0. The molecule has 0 bridgehead atoms. The molecule has 0 aliphatic heterocycles. The maximum absolute atomic E-state index is 13.0. The van der Waals surface area contributed by atoms with E-state index >= 15 is 0 Å². The quantitative estimate of drug-likeness (QED) is 0.565. The standard InChI is InChI=1S/C21H24FN5O2/c1-13(2)18(25-21(28)24-12-15-5-9-17(22)10-6-15)20-26-19(27-29-20)16-7-3-14(11-23)4-8-16/h3-10,13,18H,11-12,23H2,1-2H3,(H2,24,25,28). The van der Waals surface area contributed by atoms with E-state index in [4.69, 9.17) is 10.3 Å². The molecule has 1 atom stereocenters. The van der Waals surface area contributed by atoms with Crippen LogP contribution in [0.5, 0.6) is 0 Å². The summed E-state index contributed by atoms with van der Waals surface area (Å²) in [5.74, 6) is 0.486. The minimum Gasteiger partial charge on any atom is -0.337 e. The van der Waals surface area contributed by atoms with Crippen molar-refractivity contribution in [3.8, 4) is 11.4 Å². The molecule has 3 rings (SSSR count). The van der Waals surface area contributed by atoms with Gasteiger partial charge in [0.25, 0.3) is 0 Å². The largest absolute Gasteiger partial charge is 0.337 e. The normalized spacial score (nSPS) is 12.0. The van der Waals surface area contributed by atoms with Gasteiger partial charge in [0.15, 0.2) is 0 Å². The van der Waals surface area contributed by atoms with Gasteiger partial charge in [0.05, 0.1) is 0 Å². The third-order valence-electron chi connectivity index (χ3n) is 4.48. The Hall–Kier alpha value is -3.26. The summed E-state index contributed by atoms with van der Waals surface area (Å²) in [5, 5.41) is 9.64. The number of halogens is 1. The Morgan fingerprint density at radius 3 is 2.38 bits per heavy atom. The van der Waals surface area contributed by atoms with Crippen LogP contribution in [0.25, 0.3) is 11.4 Å². The Morgan fingerprint density at radius 2 is 1.76 bits per heavy atom. The lowest BCUT2D eigenvalue weighted by atomic mass is 10.0. The van der Waals surface area contributed by atoms with Crippen molar-refractivity contribution in [2.45, 2.75) is 33.0 Å². The number of urea groups is 1. The van der Waals surface area contributed by atoms with Crippen molar-refractivity contribution in [3.05, 3.63) is 71.4 Å². The number of hydrogen-bond donors (Lipinski definition) is 3. The van der Waals surface area contributed by atoms with Gasteiger partial charge in [-0.1, -0.05) is 55.4 Å². The monoisotopic (exact) mass is 397 g/mol. The molecular weight excluding hydrogens is 373 g/mol. The number of amides is 2. The Labute approximate surface area is 168 Å². The molecule has 0 aliphatic carbocycles. The first-order valence-corrected chi connectivity index (χ1v) is 9.38. The van der Waals surface area contributed by atoms with Crippen molar-refractivity contribution < 1.29 is 13.7 Å². The van der Waals surface area contributed by atoms with Gasteiger partial charge in [-0.05, 0) is 29.2 Å². The summed E-state index contributed by atoms with van der Waals surface area (Å²) in [4.78, 5) is 16.8. The molecule has 0 saturated heterocycles. The zero-order valence-corrected chi connectivity index (χ0v) is 16.4. The fourth-order valence-electron chi connectivity index (χ4n) is 2.76. The zero-order chi connectivity index (χ0) is 20.8. The van der Waals surface area contributed by atoms with Crippen LogP contribution in [-0.2, 0) is 13.1 Å². The van der Waals surface area contributed by atoms with Crippen LogP contribution >= 0.6 is 0 Å². The highest BCUT2D eigenvalue weighted by atomic mass is 19.1. The second-order valence-corrected chi connectivity index (χ2v) is 7.03. The van der Waals surface area contributed by atoms with Gasteiger partial charge in [-0.25, -0.2) is 9.18 Å². The van der Waals surface area contributed by atoms with Gasteiger partial charge in [0.2, 0.25) is 11.7 Å². The van der Waals surface area contributed by atoms with Crippen LogP contribution in [0.4, 0.5) is 9.18 Å². The highest BCUT2D eigenvalue weighted by Crippen LogP contribution is 2.23. The molecule has 0 radical (unpaired) electrons. The van der Waals surface area contributed by atoms with Gasteiger partial charge < -0.3 is 20.9 Å². The molecule has 0 aliphatic rings. The predicted octanol–water partition coefficient (Wildman–Crippen LogP) is 3.53. The van der Waals surface area contributed by atoms with E-state index in [1.54, 1.807) is 12.1 Å². The summed E-state index contributed by atoms with van der Waals surface area (Å²) < 4.78 is 18.4. The number of nitrogens with zero attached hydrogens (tertiary/aromatic N) is 2. The fourth-order valence-corrected chi connectivity index (χ4v) is 2.76. The minimum absolute atomic E-state index is 0.0273. The topological polar surface area (TPSA) is 106 Å². The molecule has 29 heavy (non-hydrogen) atoms. The Bertz CT molecular complexity index is 938. The Kier molecular flexibility index (Phi) is 6.56. The van der Waals surface area contributed by atoms with Crippen molar-refractivity contribution >= 4 is 6.03 Å². The molecule has 0 fully saturated rings. The Morgan fingerprint density at radius 1 is 1.10 bits per heavy atom. The minimum atomic E-state index is -0.451. The first kappa shape index (κ1) is 20.5. The summed E-state index contributed by atoms with van der Waals surface area (Å²) in [7, 11) is 0. The summed E-state index contributed by atoms with van der Waals surface area (Å²) in [6, 6.07) is 12.7. The van der Waals surface area contributed by atoms with E-state index in [1.165, 1.54) is 12.1 Å². The third-order valence-corrected chi connectivity index (χ3v) is 4.48. The van der Waals surface area contributed by atoms with E-state index in [2.05, 4.69) is 20.8 Å². The van der Waals surface area contributed by atoms with Gasteiger partial charge in [-0.2, -0.15) is 4.98 Å². The first-order chi connectivity index (χ1) is 14.0. The van der Waals surface area contributed by atoms with Crippen LogP contribution in [0.2, 0.25) is 0 Å². The molecule has 0 saturated carbocycles. The Balaban J connectivity index is 1.65. The average molecular weight is 397 g/mol. The number of hydrogen-bond acceptors (Lipinski definition) is 5. The lowest BCUT2D eigenvalue weighted by molar-refractivity contribution is 0.224. The smallest absolute Gasteiger partial charge is 0.315 e. The number of carbonyl (C=O) groups is 1. The first-order valence-electron chi connectivity index (χ1n) is 9.38. The van der Waals surface area contributed by atoms with Gasteiger partial charge in [-0.15, -0.1) is 0 Å². The van der Waals surface area contributed by atoms with Crippen molar-refractivity contribution in [1.82, 2.24) is 20.8 Å². The lowest BCUT2D eigenvalue weighted by Crippen LogP contribution is -2.39. The second-order valence-electron chi connectivity index (χ2n) is 7.03. The summed E-state index contributed by atoms with van der Waals surface area (Å²) >= 11 is 0.